The van der Waals surface area contributed by atoms with Gasteiger partial charge in [-0.25, -0.2) is 9.86 Å². The van der Waals surface area contributed by atoms with Crippen molar-refractivity contribution in [3.63, 3.8) is 0 Å². The van der Waals surface area contributed by atoms with Crippen LogP contribution in [-0.2, 0) is 6.54 Å². The van der Waals surface area contributed by atoms with Gasteiger partial charge in [0.1, 0.15) is 0 Å². The highest BCUT2D eigenvalue weighted by molar-refractivity contribution is 5.70. The molecular formula is C7H9N3O2. The van der Waals surface area contributed by atoms with Gasteiger partial charge in [0, 0.05) is 6.20 Å². The van der Waals surface area contributed by atoms with E-state index in [-0.39, 0.29) is 6.54 Å². The van der Waals surface area contributed by atoms with Gasteiger partial charge in [-0.3, -0.25) is 10.2 Å². The highest BCUT2D eigenvalue weighted by atomic mass is 16.5. The Kier molecular flexibility index (Phi) is 2.60. The number of aromatic nitrogens is 1. The fourth-order valence-electron chi connectivity index (χ4n) is 0.723. The summed E-state index contributed by atoms with van der Waals surface area (Å²) in [6, 6.07) is 4.30. The third-order valence-corrected chi connectivity index (χ3v) is 1.29. The van der Waals surface area contributed by atoms with Gasteiger partial charge in [0.05, 0.1) is 12.2 Å². The molecule has 5 nitrogen and oxygen atoms in total. The zero-order valence-electron chi connectivity index (χ0n) is 6.34. The van der Waals surface area contributed by atoms with Crippen LogP contribution in [0, 0.1) is 0 Å². The number of hydrogen-bond acceptors (Lipinski definition) is 3. The standard InChI is InChI=1S/C7H9N3O2/c8-7(11)10(12)5-6-3-1-2-4-9-6/h1-4,12H,5H2,(H2,8,11). The molecule has 0 aliphatic rings. The van der Waals surface area contributed by atoms with E-state index in [2.05, 4.69) is 4.98 Å². The number of nitrogens with zero attached hydrogens (tertiary/aromatic N) is 2. The van der Waals surface area contributed by atoms with Gasteiger partial charge in [-0.2, -0.15) is 0 Å². The van der Waals surface area contributed by atoms with Crippen molar-refractivity contribution >= 4 is 6.03 Å². The van der Waals surface area contributed by atoms with E-state index in [1.165, 1.54) is 0 Å². The van der Waals surface area contributed by atoms with Crippen molar-refractivity contribution in [2.75, 3.05) is 0 Å². The Morgan fingerprint density at radius 2 is 2.42 bits per heavy atom. The van der Waals surface area contributed by atoms with Gasteiger partial charge >= 0.3 is 6.03 Å². The van der Waals surface area contributed by atoms with E-state index in [1.807, 2.05) is 0 Å². The summed E-state index contributed by atoms with van der Waals surface area (Å²) < 4.78 is 0. The molecule has 0 saturated heterocycles. The highest BCUT2D eigenvalue weighted by Crippen LogP contribution is 1.96. The van der Waals surface area contributed by atoms with E-state index < -0.39 is 6.03 Å². The van der Waals surface area contributed by atoms with Crippen LogP contribution in [0.15, 0.2) is 24.4 Å². The molecule has 0 unspecified atom stereocenters. The minimum atomic E-state index is -0.888. The molecule has 0 spiro atoms. The molecule has 0 radical (unpaired) electrons. The summed E-state index contributed by atoms with van der Waals surface area (Å²) in [5.41, 5.74) is 5.38. The van der Waals surface area contributed by atoms with E-state index in [0.29, 0.717) is 10.8 Å². The summed E-state index contributed by atoms with van der Waals surface area (Å²) in [4.78, 5) is 14.3. The monoisotopic (exact) mass is 167 g/mol. The lowest BCUT2D eigenvalue weighted by Gasteiger charge is -2.10. The molecule has 1 heterocycles. The van der Waals surface area contributed by atoms with Crippen LogP contribution in [0.5, 0.6) is 0 Å². The molecule has 0 fully saturated rings. The van der Waals surface area contributed by atoms with Crippen LogP contribution < -0.4 is 5.73 Å². The Labute approximate surface area is 69.4 Å². The zero-order chi connectivity index (χ0) is 8.97. The van der Waals surface area contributed by atoms with Gasteiger partial charge in [-0.05, 0) is 12.1 Å². The Balaban J connectivity index is 2.58. The SMILES string of the molecule is NC(=O)N(O)Cc1ccccn1. The molecule has 1 aromatic heterocycles. The third kappa shape index (κ3) is 2.21. The molecular weight excluding hydrogens is 158 g/mol. The first-order valence-electron chi connectivity index (χ1n) is 3.36. The molecule has 12 heavy (non-hydrogen) atoms. The van der Waals surface area contributed by atoms with Gasteiger partial charge in [0.15, 0.2) is 0 Å². The summed E-state index contributed by atoms with van der Waals surface area (Å²) in [5, 5.41) is 9.30. The van der Waals surface area contributed by atoms with Crippen molar-refractivity contribution in [1.29, 1.82) is 0 Å². The first-order chi connectivity index (χ1) is 5.70. The van der Waals surface area contributed by atoms with Crippen molar-refractivity contribution < 1.29 is 10.0 Å². The van der Waals surface area contributed by atoms with Crippen molar-refractivity contribution in [3.05, 3.63) is 30.1 Å². The average Bonchev–Trinajstić information content (AvgIpc) is 2.06. The van der Waals surface area contributed by atoms with Crippen LogP contribution in [0.1, 0.15) is 5.69 Å². The summed E-state index contributed by atoms with van der Waals surface area (Å²) in [5.74, 6) is 0. The van der Waals surface area contributed by atoms with Crippen LogP contribution in [0.2, 0.25) is 0 Å². The van der Waals surface area contributed by atoms with Crippen molar-refractivity contribution in [1.82, 2.24) is 10.0 Å². The molecule has 64 valence electrons. The van der Waals surface area contributed by atoms with Gasteiger partial charge in [-0.1, -0.05) is 6.07 Å². The normalized spacial score (nSPS) is 9.42. The number of hydroxylamine groups is 2. The number of hydrogen-bond donors (Lipinski definition) is 2. The summed E-state index contributed by atoms with van der Waals surface area (Å²) in [6.07, 6.45) is 1.57. The summed E-state index contributed by atoms with van der Waals surface area (Å²) in [7, 11) is 0. The Morgan fingerprint density at radius 1 is 1.67 bits per heavy atom. The highest BCUT2D eigenvalue weighted by Gasteiger charge is 2.05. The van der Waals surface area contributed by atoms with Gasteiger partial charge in [0.2, 0.25) is 0 Å². The maximum absolute atomic E-state index is 10.4. The molecule has 0 saturated carbocycles. The molecule has 0 bridgehead atoms. The number of nitrogens with two attached hydrogens (primary N) is 1. The number of primary amides is 1. The fraction of sp³-hybridized carbons (Fsp3) is 0.143. The molecule has 0 aromatic carbocycles. The largest absolute Gasteiger partial charge is 0.350 e. The van der Waals surface area contributed by atoms with Crippen LogP contribution in [0.3, 0.4) is 0 Å². The minimum Gasteiger partial charge on any atom is -0.350 e. The summed E-state index contributed by atoms with van der Waals surface area (Å²) >= 11 is 0. The van der Waals surface area contributed by atoms with E-state index >= 15 is 0 Å². The van der Waals surface area contributed by atoms with Gasteiger partial charge in [-0.15, -0.1) is 0 Å². The van der Waals surface area contributed by atoms with Gasteiger partial charge in [0.25, 0.3) is 0 Å². The van der Waals surface area contributed by atoms with Crippen molar-refractivity contribution in [2.24, 2.45) is 5.73 Å². The molecule has 1 rings (SSSR count). The number of rotatable bonds is 2. The predicted molar refractivity (Wildman–Crippen MR) is 41.1 cm³/mol. The van der Waals surface area contributed by atoms with Crippen LogP contribution in [0.25, 0.3) is 0 Å². The Hall–Kier alpha value is -1.62. The third-order valence-electron chi connectivity index (χ3n) is 1.29. The maximum Gasteiger partial charge on any atom is 0.338 e. The number of carbonyl (C=O) groups is 1. The predicted octanol–water partition coefficient (Wildman–Crippen LogP) is 0.351. The second kappa shape index (κ2) is 3.68. The zero-order valence-corrected chi connectivity index (χ0v) is 6.34. The van der Waals surface area contributed by atoms with Crippen molar-refractivity contribution in [3.8, 4) is 0 Å². The smallest absolute Gasteiger partial charge is 0.338 e. The topological polar surface area (TPSA) is 79.5 Å². The number of pyridine rings is 1. The van der Waals surface area contributed by atoms with Crippen molar-refractivity contribution in [2.45, 2.75) is 6.54 Å². The molecule has 2 amide bonds. The molecule has 5 heteroatoms. The van der Waals surface area contributed by atoms with E-state index in [9.17, 15) is 4.79 Å². The van der Waals surface area contributed by atoms with Crippen LogP contribution >= 0.6 is 0 Å². The van der Waals surface area contributed by atoms with Gasteiger partial charge < -0.3 is 5.73 Å². The lowest BCUT2D eigenvalue weighted by molar-refractivity contribution is -0.0479. The molecule has 0 atom stereocenters. The molecule has 0 aliphatic heterocycles. The Morgan fingerprint density at radius 3 is 2.92 bits per heavy atom. The number of carbonyl (C=O) groups excluding carboxylic acids is 1. The lowest BCUT2D eigenvalue weighted by atomic mass is 10.3. The first kappa shape index (κ1) is 8.48. The Bertz CT molecular complexity index is 263. The molecule has 1 aromatic rings. The molecule has 3 N–H and O–H groups in total. The first-order valence-corrected chi connectivity index (χ1v) is 3.36. The van der Waals surface area contributed by atoms with E-state index in [1.54, 1.807) is 24.4 Å². The quantitative estimate of drug-likeness (QED) is 0.492. The average molecular weight is 167 g/mol. The maximum atomic E-state index is 10.4. The lowest BCUT2D eigenvalue weighted by Crippen LogP contribution is -2.32. The second-order valence-electron chi connectivity index (χ2n) is 2.22. The fourth-order valence-corrected chi connectivity index (χ4v) is 0.723. The number of urea groups is 1. The molecule has 0 aliphatic carbocycles. The van der Waals surface area contributed by atoms with Crippen LogP contribution in [0.4, 0.5) is 4.79 Å². The number of amides is 2. The van der Waals surface area contributed by atoms with E-state index in [4.69, 9.17) is 10.9 Å². The summed E-state index contributed by atoms with van der Waals surface area (Å²) in [6.45, 7) is 0.0101. The second-order valence-corrected chi connectivity index (χ2v) is 2.22. The van der Waals surface area contributed by atoms with E-state index in [0.717, 1.165) is 0 Å². The minimum absolute atomic E-state index is 0.0101. The van der Waals surface area contributed by atoms with Crippen LogP contribution in [-0.4, -0.2) is 21.3 Å².